The Bertz CT molecular complexity index is 1010. The number of ether oxygens (including phenoxy) is 1. The van der Waals surface area contributed by atoms with Crippen LogP contribution in [0.4, 0.5) is 13.2 Å². The van der Waals surface area contributed by atoms with Crippen LogP contribution < -0.4 is 4.74 Å². The number of benzene rings is 3. The van der Waals surface area contributed by atoms with E-state index in [1.54, 1.807) is 43.3 Å². The SMILES string of the molecule is C/C=C/c1ccc(CCc2ccc(-c3ccc(OCC)cc3F)cc2)c(F)c1F. The second kappa shape index (κ2) is 9.46. The largest absolute Gasteiger partial charge is 0.494 e. The number of allylic oxidation sites excluding steroid dienone is 1. The molecule has 0 atom stereocenters. The zero-order chi connectivity index (χ0) is 20.8. The van der Waals surface area contributed by atoms with E-state index >= 15 is 0 Å². The molecule has 0 aromatic heterocycles. The molecule has 0 bridgehead atoms. The number of aryl methyl sites for hydroxylation is 2. The lowest BCUT2D eigenvalue weighted by molar-refractivity contribution is 0.338. The molecule has 0 aliphatic rings. The van der Waals surface area contributed by atoms with Crippen molar-refractivity contribution < 1.29 is 17.9 Å². The molecule has 0 N–H and O–H groups in total. The summed E-state index contributed by atoms with van der Waals surface area (Å²) in [6, 6.07) is 15.5. The van der Waals surface area contributed by atoms with E-state index in [0.29, 0.717) is 36.3 Å². The summed E-state index contributed by atoms with van der Waals surface area (Å²) < 4.78 is 47.9. The van der Waals surface area contributed by atoms with Crippen molar-refractivity contribution in [1.82, 2.24) is 0 Å². The fraction of sp³-hybridized carbons (Fsp3) is 0.200. The summed E-state index contributed by atoms with van der Waals surface area (Å²) >= 11 is 0. The maximum Gasteiger partial charge on any atom is 0.166 e. The molecule has 0 aliphatic carbocycles. The third kappa shape index (κ3) is 4.89. The molecule has 0 radical (unpaired) electrons. The minimum atomic E-state index is -0.818. The van der Waals surface area contributed by atoms with Gasteiger partial charge in [-0.05, 0) is 55.5 Å². The van der Waals surface area contributed by atoms with E-state index in [1.165, 1.54) is 6.07 Å². The highest BCUT2D eigenvalue weighted by Crippen LogP contribution is 2.27. The molecule has 0 spiro atoms. The molecule has 3 rings (SSSR count). The van der Waals surface area contributed by atoms with Crippen LogP contribution in [0.1, 0.15) is 30.5 Å². The molecule has 29 heavy (non-hydrogen) atoms. The van der Waals surface area contributed by atoms with Crippen molar-refractivity contribution in [2.75, 3.05) is 6.61 Å². The predicted molar refractivity (Wildman–Crippen MR) is 111 cm³/mol. The Morgan fingerprint density at radius 3 is 2.28 bits per heavy atom. The normalized spacial score (nSPS) is 11.2. The van der Waals surface area contributed by atoms with Crippen LogP contribution in [0.25, 0.3) is 17.2 Å². The summed E-state index contributed by atoms with van der Waals surface area (Å²) in [5, 5.41) is 0. The molecule has 3 aromatic carbocycles. The van der Waals surface area contributed by atoms with Crippen LogP contribution in [-0.4, -0.2) is 6.61 Å². The lowest BCUT2D eigenvalue weighted by Gasteiger charge is -2.09. The first-order valence-corrected chi connectivity index (χ1v) is 9.64. The Hall–Kier alpha value is -3.01. The third-order valence-corrected chi connectivity index (χ3v) is 4.74. The van der Waals surface area contributed by atoms with Crippen LogP contribution in [0.15, 0.2) is 60.7 Å². The van der Waals surface area contributed by atoms with Crippen LogP contribution in [0, 0.1) is 17.5 Å². The first-order chi connectivity index (χ1) is 14.0. The maximum atomic E-state index is 14.3. The Balaban J connectivity index is 1.71. The lowest BCUT2D eigenvalue weighted by atomic mass is 9.99. The highest BCUT2D eigenvalue weighted by molar-refractivity contribution is 5.65. The van der Waals surface area contributed by atoms with Gasteiger partial charge in [0, 0.05) is 17.2 Å². The van der Waals surface area contributed by atoms with Gasteiger partial charge in [0.05, 0.1) is 6.61 Å². The molecule has 1 nitrogen and oxygen atoms in total. The van der Waals surface area contributed by atoms with Crippen molar-refractivity contribution in [2.24, 2.45) is 0 Å². The van der Waals surface area contributed by atoms with Crippen LogP contribution in [-0.2, 0) is 12.8 Å². The zero-order valence-corrected chi connectivity index (χ0v) is 16.5. The molecule has 150 valence electrons. The lowest BCUT2D eigenvalue weighted by Crippen LogP contribution is -1.99. The average Bonchev–Trinajstić information content (AvgIpc) is 2.72. The molecule has 0 saturated heterocycles. The molecule has 0 amide bonds. The Morgan fingerprint density at radius 1 is 0.862 bits per heavy atom. The van der Waals surface area contributed by atoms with Gasteiger partial charge in [-0.25, -0.2) is 13.2 Å². The van der Waals surface area contributed by atoms with Crippen LogP contribution >= 0.6 is 0 Å². The number of halogens is 3. The summed E-state index contributed by atoms with van der Waals surface area (Å²) in [6.45, 7) is 4.09. The topological polar surface area (TPSA) is 9.23 Å². The molecule has 4 heteroatoms. The van der Waals surface area contributed by atoms with E-state index in [4.69, 9.17) is 4.74 Å². The van der Waals surface area contributed by atoms with E-state index < -0.39 is 11.6 Å². The van der Waals surface area contributed by atoms with Crippen molar-refractivity contribution in [2.45, 2.75) is 26.7 Å². The monoisotopic (exact) mass is 396 g/mol. The summed E-state index contributed by atoms with van der Waals surface area (Å²) in [5.41, 5.74) is 2.81. The summed E-state index contributed by atoms with van der Waals surface area (Å²) in [7, 11) is 0. The average molecular weight is 396 g/mol. The van der Waals surface area contributed by atoms with Gasteiger partial charge in [0.1, 0.15) is 11.6 Å². The van der Waals surface area contributed by atoms with Gasteiger partial charge in [-0.15, -0.1) is 0 Å². The van der Waals surface area contributed by atoms with Crippen LogP contribution in [0.2, 0.25) is 0 Å². The highest BCUT2D eigenvalue weighted by atomic mass is 19.2. The molecule has 0 saturated carbocycles. The third-order valence-electron chi connectivity index (χ3n) is 4.74. The van der Waals surface area contributed by atoms with E-state index in [9.17, 15) is 13.2 Å². The summed E-state index contributed by atoms with van der Waals surface area (Å²) in [6.07, 6.45) is 4.16. The molecule has 0 unspecified atom stereocenters. The van der Waals surface area contributed by atoms with Crippen LogP contribution in [0.3, 0.4) is 0 Å². The van der Waals surface area contributed by atoms with Gasteiger partial charge in [-0.1, -0.05) is 48.6 Å². The van der Waals surface area contributed by atoms with E-state index in [-0.39, 0.29) is 11.4 Å². The smallest absolute Gasteiger partial charge is 0.166 e. The molecule has 0 fully saturated rings. The number of hydrogen-bond donors (Lipinski definition) is 0. The Kier molecular flexibility index (Phi) is 6.76. The van der Waals surface area contributed by atoms with Gasteiger partial charge in [0.15, 0.2) is 11.6 Å². The summed E-state index contributed by atoms with van der Waals surface area (Å²) in [5.74, 6) is -1.46. The molecule has 3 aromatic rings. The minimum Gasteiger partial charge on any atom is -0.494 e. The van der Waals surface area contributed by atoms with Gasteiger partial charge < -0.3 is 4.74 Å². The van der Waals surface area contributed by atoms with E-state index in [2.05, 4.69) is 0 Å². The molecule has 0 aliphatic heterocycles. The quantitative estimate of drug-likeness (QED) is 0.418. The molecular weight excluding hydrogens is 373 g/mol. The first-order valence-electron chi connectivity index (χ1n) is 9.64. The second-order valence-corrected chi connectivity index (χ2v) is 6.71. The van der Waals surface area contributed by atoms with E-state index in [0.717, 1.165) is 11.1 Å². The van der Waals surface area contributed by atoms with E-state index in [1.807, 2.05) is 31.2 Å². The molecular formula is C25H23F3O. The predicted octanol–water partition coefficient (Wildman–Crippen LogP) is 6.99. The van der Waals surface area contributed by atoms with Crippen molar-refractivity contribution in [1.29, 1.82) is 0 Å². The van der Waals surface area contributed by atoms with Gasteiger partial charge in [-0.3, -0.25) is 0 Å². The van der Waals surface area contributed by atoms with Gasteiger partial charge >= 0.3 is 0 Å². The van der Waals surface area contributed by atoms with Crippen molar-refractivity contribution in [3.05, 3.63) is 94.8 Å². The maximum absolute atomic E-state index is 14.3. The van der Waals surface area contributed by atoms with Crippen molar-refractivity contribution in [3.63, 3.8) is 0 Å². The second-order valence-electron chi connectivity index (χ2n) is 6.71. The first kappa shape index (κ1) is 20.7. The fourth-order valence-electron chi connectivity index (χ4n) is 3.22. The minimum absolute atomic E-state index is 0.246. The summed E-state index contributed by atoms with van der Waals surface area (Å²) in [4.78, 5) is 0. The Labute approximate surface area is 169 Å². The van der Waals surface area contributed by atoms with Gasteiger partial charge in [0.25, 0.3) is 0 Å². The zero-order valence-electron chi connectivity index (χ0n) is 16.5. The standard InChI is InChI=1S/C25H23F3O/c1-3-5-19-12-13-20(25(28)24(19)27)11-8-17-6-9-18(10-7-17)22-15-14-21(29-4-2)16-23(22)26/h3,5-7,9-10,12-16H,4,8,11H2,1-2H3/b5-3+. The fourth-order valence-corrected chi connectivity index (χ4v) is 3.22. The van der Waals surface area contributed by atoms with Crippen molar-refractivity contribution in [3.8, 4) is 16.9 Å². The molecule has 0 heterocycles. The van der Waals surface area contributed by atoms with Crippen molar-refractivity contribution >= 4 is 6.08 Å². The van der Waals surface area contributed by atoms with Crippen LogP contribution in [0.5, 0.6) is 5.75 Å². The Morgan fingerprint density at radius 2 is 1.62 bits per heavy atom. The van der Waals surface area contributed by atoms with Gasteiger partial charge in [0.2, 0.25) is 0 Å². The number of hydrogen-bond acceptors (Lipinski definition) is 1. The number of rotatable bonds is 7. The van der Waals surface area contributed by atoms with Gasteiger partial charge in [-0.2, -0.15) is 0 Å². The highest BCUT2D eigenvalue weighted by Gasteiger charge is 2.12.